The van der Waals surface area contributed by atoms with E-state index >= 15 is 0 Å². The molecular weight excluding hydrogens is 286 g/mol. The molecule has 5 nitrogen and oxygen atoms in total. The molecule has 1 fully saturated rings. The molecule has 1 aliphatic heterocycles. The molecule has 4 N–H and O–H groups in total. The normalized spacial score (nSPS) is 15.3. The van der Waals surface area contributed by atoms with E-state index in [2.05, 4.69) is 33.4 Å². The minimum absolute atomic E-state index is 0.770. The van der Waals surface area contributed by atoms with Gasteiger partial charge in [-0.05, 0) is 68.4 Å². The van der Waals surface area contributed by atoms with Crippen LogP contribution in [-0.4, -0.2) is 28.0 Å². The summed E-state index contributed by atoms with van der Waals surface area (Å²) in [6, 6.07) is 14.0. The average Bonchev–Trinajstić information content (AvgIpc) is 3.18. The number of anilines is 3. The molecule has 3 aromatic rings. The highest BCUT2D eigenvalue weighted by atomic mass is 15.2. The minimum atomic E-state index is 0.770. The number of H-pyrrole nitrogens is 1. The number of aromatic amines is 1. The zero-order valence-corrected chi connectivity index (χ0v) is 13.0. The van der Waals surface area contributed by atoms with Crippen molar-refractivity contribution < 1.29 is 0 Å². The van der Waals surface area contributed by atoms with Crippen LogP contribution in [-0.2, 0) is 6.54 Å². The first-order valence-corrected chi connectivity index (χ1v) is 8.10. The van der Waals surface area contributed by atoms with Gasteiger partial charge in [0, 0.05) is 17.1 Å². The van der Waals surface area contributed by atoms with E-state index in [4.69, 9.17) is 10.7 Å². The van der Waals surface area contributed by atoms with Crippen LogP contribution in [0.2, 0.25) is 0 Å². The maximum Gasteiger partial charge on any atom is 0.121 e. The van der Waals surface area contributed by atoms with Gasteiger partial charge >= 0.3 is 0 Å². The van der Waals surface area contributed by atoms with Gasteiger partial charge in [0.25, 0.3) is 0 Å². The summed E-state index contributed by atoms with van der Waals surface area (Å²) in [5.41, 5.74) is 10.6. The number of likely N-dealkylation sites (tertiary alicyclic amines) is 1. The van der Waals surface area contributed by atoms with Crippen LogP contribution in [0.1, 0.15) is 18.7 Å². The Kier molecular flexibility index (Phi) is 3.63. The van der Waals surface area contributed by atoms with Gasteiger partial charge in [-0.3, -0.25) is 4.90 Å². The fraction of sp³-hybridized carbons (Fsp3) is 0.278. The van der Waals surface area contributed by atoms with Crippen LogP contribution in [0, 0.1) is 0 Å². The van der Waals surface area contributed by atoms with Crippen molar-refractivity contribution in [2.75, 3.05) is 24.1 Å². The second kappa shape index (κ2) is 5.93. The minimum Gasteiger partial charge on any atom is -0.399 e. The summed E-state index contributed by atoms with van der Waals surface area (Å²) < 4.78 is 0. The number of rotatable bonds is 4. The third-order valence-corrected chi connectivity index (χ3v) is 4.30. The number of hydrogen-bond acceptors (Lipinski definition) is 4. The molecule has 5 heteroatoms. The molecule has 0 atom stereocenters. The summed E-state index contributed by atoms with van der Waals surface area (Å²) in [6.45, 7) is 3.28. The van der Waals surface area contributed by atoms with Crippen LogP contribution < -0.4 is 11.1 Å². The average molecular weight is 307 g/mol. The molecule has 0 aliphatic carbocycles. The summed E-state index contributed by atoms with van der Waals surface area (Å²) in [5.74, 6) is 1.05. The van der Waals surface area contributed by atoms with Crippen molar-refractivity contribution in [2.24, 2.45) is 0 Å². The molecule has 0 amide bonds. The smallest absolute Gasteiger partial charge is 0.121 e. The molecule has 0 spiro atoms. The van der Waals surface area contributed by atoms with E-state index in [-0.39, 0.29) is 0 Å². The van der Waals surface area contributed by atoms with Gasteiger partial charge < -0.3 is 16.0 Å². The number of nitrogens with zero attached hydrogens (tertiary/aromatic N) is 2. The molecule has 0 unspecified atom stereocenters. The lowest BCUT2D eigenvalue weighted by atomic mass is 10.2. The summed E-state index contributed by atoms with van der Waals surface area (Å²) in [7, 11) is 0. The number of imidazole rings is 1. The molecule has 1 aliphatic rings. The van der Waals surface area contributed by atoms with Gasteiger partial charge in [0.1, 0.15) is 5.82 Å². The van der Waals surface area contributed by atoms with Crippen molar-refractivity contribution in [1.29, 1.82) is 0 Å². The highest BCUT2D eigenvalue weighted by Crippen LogP contribution is 2.22. The summed E-state index contributed by atoms with van der Waals surface area (Å²) in [6.07, 6.45) is 2.60. The molecule has 0 saturated carbocycles. The SMILES string of the molecule is Nc1ccc(Nc2ccc3nc(CN4CCCC4)[nH]c3c2)cc1. The van der Waals surface area contributed by atoms with E-state index < -0.39 is 0 Å². The molecule has 1 saturated heterocycles. The van der Waals surface area contributed by atoms with Crippen molar-refractivity contribution in [1.82, 2.24) is 14.9 Å². The highest BCUT2D eigenvalue weighted by molar-refractivity contribution is 5.80. The molecule has 0 bridgehead atoms. The third kappa shape index (κ3) is 3.14. The first-order valence-electron chi connectivity index (χ1n) is 8.10. The number of benzene rings is 2. The maximum absolute atomic E-state index is 5.72. The van der Waals surface area contributed by atoms with E-state index in [9.17, 15) is 0 Å². The number of fused-ring (bicyclic) bond motifs is 1. The number of nitrogens with one attached hydrogen (secondary N) is 2. The van der Waals surface area contributed by atoms with Gasteiger partial charge in [-0.1, -0.05) is 0 Å². The van der Waals surface area contributed by atoms with Gasteiger partial charge in [0.05, 0.1) is 17.6 Å². The number of nitrogen functional groups attached to an aromatic ring is 1. The Bertz CT molecular complexity index is 800. The Morgan fingerprint density at radius 3 is 2.57 bits per heavy atom. The lowest BCUT2D eigenvalue weighted by Gasteiger charge is -2.11. The Labute approximate surface area is 135 Å². The molecule has 23 heavy (non-hydrogen) atoms. The van der Waals surface area contributed by atoms with E-state index in [0.29, 0.717) is 0 Å². The van der Waals surface area contributed by atoms with Crippen molar-refractivity contribution in [3.05, 3.63) is 48.3 Å². The molecule has 2 heterocycles. The van der Waals surface area contributed by atoms with Gasteiger partial charge in [0.2, 0.25) is 0 Å². The molecular formula is C18H21N5. The van der Waals surface area contributed by atoms with Gasteiger partial charge in [-0.15, -0.1) is 0 Å². The number of hydrogen-bond donors (Lipinski definition) is 3. The van der Waals surface area contributed by atoms with Crippen molar-refractivity contribution in [2.45, 2.75) is 19.4 Å². The van der Waals surface area contributed by atoms with Crippen LogP contribution in [0.25, 0.3) is 11.0 Å². The Hall–Kier alpha value is -2.53. The van der Waals surface area contributed by atoms with E-state index in [0.717, 1.165) is 40.5 Å². The molecule has 4 rings (SSSR count). The first-order chi connectivity index (χ1) is 11.3. The largest absolute Gasteiger partial charge is 0.399 e. The Morgan fingerprint density at radius 2 is 1.78 bits per heavy atom. The van der Waals surface area contributed by atoms with Crippen molar-refractivity contribution >= 4 is 28.1 Å². The summed E-state index contributed by atoms with van der Waals surface area (Å²) in [5, 5.41) is 3.39. The molecule has 2 aromatic carbocycles. The fourth-order valence-corrected chi connectivity index (χ4v) is 3.10. The standard InChI is InChI=1S/C18H21N5/c19-13-3-5-14(6-4-13)20-15-7-8-16-17(11-15)22-18(21-16)12-23-9-1-2-10-23/h3-8,11,20H,1-2,9-10,12,19H2,(H,21,22). The van der Waals surface area contributed by atoms with E-state index in [1.165, 1.54) is 25.9 Å². The van der Waals surface area contributed by atoms with Crippen LogP contribution in [0.15, 0.2) is 42.5 Å². The maximum atomic E-state index is 5.72. The molecule has 0 radical (unpaired) electrons. The van der Waals surface area contributed by atoms with E-state index in [1.54, 1.807) is 0 Å². The third-order valence-electron chi connectivity index (χ3n) is 4.30. The highest BCUT2D eigenvalue weighted by Gasteiger charge is 2.13. The first kappa shape index (κ1) is 14.1. The van der Waals surface area contributed by atoms with Crippen molar-refractivity contribution in [3.8, 4) is 0 Å². The number of nitrogens with two attached hydrogens (primary N) is 1. The van der Waals surface area contributed by atoms with Gasteiger partial charge in [-0.25, -0.2) is 4.98 Å². The predicted molar refractivity (Wildman–Crippen MR) is 94.7 cm³/mol. The van der Waals surface area contributed by atoms with Crippen molar-refractivity contribution in [3.63, 3.8) is 0 Å². The van der Waals surface area contributed by atoms with Gasteiger partial charge in [-0.2, -0.15) is 0 Å². The second-order valence-corrected chi connectivity index (χ2v) is 6.15. The Balaban J connectivity index is 1.53. The lowest BCUT2D eigenvalue weighted by Crippen LogP contribution is -2.19. The zero-order valence-electron chi connectivity index (χ0n) is 13.0. The van der Waals surface area contributed by atoms with Crippen LogP contribution in [0.4, 0.5) is 17.1 Å². The monoisotopic (exact) mass is 307 g/mol. The second-order valence-electron chi connectivity index (χ2n) is 6.15. The fourth-order valence-electron chi connectivity index (χ4n) is 3.10. The summed E-state index contributed by atoms with van der Waals surface area (Å²) in [4.78, 5) is 10.6. The molecule has 1 aromatic heterocycles. The Morgan fingerprint density at radius 1 is 1.04 bits per heavy atom. The zero-order chi connectivity index (χ0) is 15.6. The quantitative estimate of drug-likeness (QED) is 0.645. The van der Waals surface area contributed by atoms with Gasteiger partial charge in [0.15, 0.2) is 0 Å². The predicted octanol–water partition coefficient (Wildman–Crippen LogP) is 3.48. The van der Waals surface area contributed by atoms with Crippen LogP contribution in [0.5, 0.6) is 0 Å². The number of aromatic nitrogens is 2. The van der Waals surface area contributed by atoms with E-state index in [1.807, 2.05) is 24.3 Å². The topological polar surface area (TPSA) is 70.0 Å². The van der Waals surface area contributed by atoms with Crippen LogP contribution in [0.3, 0.4) is 0 Å². The van der Waals surface area contributed by atoms with Crippen LogP contribution >= 0.6 is 0 Å². The summed E-state index contributed by atoms with van der Waals surface area (Å²) >= 11 is 0. The lowest BCUT2D eigenvalue weighted by molar-refractivity contribution is 0.324. The molecule has 118 valence electrons.